The summed E-state index contributed by atoms with van der Waals surface area (Å²) in [4.78, 5) is 31.5. The summed E-state index contributed by atoms with van der Waals surface area (Å²) in [6, 6.07) is 27.0. The van der Waals surface area contributed by atoms with Crippen molar-refractivity contribution in [2.75, 3.05) is 39.3 Å². The van der Waals surface area contributed by atoms with Gasteiger partial charge in [0, 0.05) is 44.2 Å². The summed E-state index contributed by atoms with van der Waals surface area (Å²) in [6.07, 6.45) is 8.81. The van der Waals surface area contributed by atoms with E-state index in [0.29, 0.717) is 19.6 Å². The molecule has 2 atom stereocenters. The molecule has 2 aliphatic rings. The van der Waals surface area contributed by atoms with Crippen molar-refractivity contribution in [3.63, 3.8) is 0 Å². The molecule has 0 radical (unpaired) electrons. The number of likely N-dealkylation sites (tertiary alicyclic amines) is 1. The Hall–Kier alpha value is -3.74. The highest BCUT2D eigenvalue weighted by Gasteiger charge is 2.33. The van der Waals surface area contributed by atoms with E-state index in [1.54, 1.807) is 6.08 Å². The van der Waals surface area contributed by atoms with Gasteiger partial charge in [0.25, 0.3) is 0 Å². The Balaban J connectivity index is 1.28. The van der Waals surface area contributed by atoms with E-state index in [1.807, 2.05) is 24.3 Å². The first-order valence-corrected chi connectivity index (χ1v) is 16.4. The molecule has 2 N–H and O–H groups in total. The second-order valence-corrected chi connectivity index (χ2v) is 12.5. The van der Waals surface area contributed by atoms with Crippen LogP contribution in [0, 0.1) is 13.8 Å². The zero-order valence-electron chi connectivity index (χ0n) is 26.4. The number of benzene rings is 3. The lowest BCUT2D eigenvalue weighted by atomic mass is 9.90. The largest absolute Gasteiger partial charge is 0.351 e. The second-order valence-electron chi connectivity index (χ2n) is 12.5. The molecule has 2 heterocycles. The molecule has 0 saturated carbocycles. The normalized spacial score (nSPS) is 19.8. The van der Waals surface area contributed by atoms with Gasteiger partial charge in [-0.05, 0) is 81.0 Å². The lowest BCUT2D eigenvalue weighted by Crippen LogP contribution is -2.50. The Bertz CT molecular complexity index is 1340. The van der Waals surface area contributed by atoms with Gasteiger partial charge in [0.15, 0.2) is 0 Å². The van der Waals surface area contributed by atoms with Gasteiger partial charge in [0.2, 0.25) is 11.8 Å². The number of carbonyl (C=O) groups is 2. The van der Waals surface area contributed by atoms with Gasteiger partial charge in [0.1, 0.15) is 0 Å². The van der Waals surface area contributed by atoms with Crippen LogP contribution in [0.3, 0.4) is 0 Å². The minimum absolute atomic E-state index is 0.0145. The SMILES string of the molecule is Cc1ccc(/C=C/C(=O)NCC2CCN(CC(c3ccccc3)c3ccccc3)C(=O)C(CCN3CCCCC3)N2)c(C)c1. The number of rotatable bonds is 11. The first-order valence-electron chi connectivity index (χ1n) is 16.4. The molecule has 3 aromatic rings. The van der Waals surface area contributed by atoms with E-state index in [0.717, 1.165) is 43.6 Å². The Kier molecular flexibility index (Phi) is 11.4. The number of nitrogens with zero attached hydrogens (tertiary/aromatic N) is 2. The topological polar surface area (TPSA) is 64.7 Å². The number of nitrogens with one attached hydrogen (secondary N) is 2. The summed E-state index contributed by atoms with van der Waals surface area (Å²) in [5.74, 6) is 0.149. The van der Waals surface area contributed by atoms with Crippen molar-refractivity contribution in [3.8, 4) is 0 Å². The Morgan fingerprint density at radius 2 is 1.61 bits per heavy atom. The van der Waals surface area contributed by atoms with Crippen molar-refractivity contribution in [1.29, 1.82) is 0 Å². The Labute approximate surface area is 263 Å². The first kappa shape index (κ1) is 31.7. The lowest BCUT2D eigenvalue weighted by Gasteiger charge is -2.31. The van der Waals surface area contributed by atoms with Crippen LogP contribution in [0.1, 0.15) is 65.8 Å². The van der Waals surface area contributed by atoms with Crippen molar-refractivity contribution < 1.29 is 9.59 Å². The van der Waals surface area contributed by atoms with Gasteiger partial charge >= 0.3 is 0 Å². The number of carbonyl (C=O) groups excluding carboxylic acids is 2. The molecule has 0 bridgehead atoms. The number of aryl methyl sites for hydroxylation is 2. The molecule has 2 fully saturated rings. The smallest absolute Gasteiger partial charge is 0.244 e. The molecule has 5 rings (SSSR count). The van der Waals surface area contributed by atoms with E-state index >= 15 is 0 Å². The maximum Gasteiger partial charge on any atom is 0.244 e. The minimum atomic E-state index is -0.278. The summed E-state index contributed by atoms with van der Waals surface area (Å²) in [6.45, 7) is 9.04. The molecule has 6 heteroatoms. The number of piperidine rings is 1. The van der Waals surface area contributed by atoms with E-state index < -0.39 is 0 Å². The predicted octanol–water partition coefficient (Wildman–Crippen LogP) is 5.70. The average molecular weight is 593 g/mol. The van der Waals surface area contributed by atoms with Gasteiger partial charge < -0.3 is 20.4 Å². The van der Waals surface area contributed by atoms with Crippen molar-refractivity contribution in [1.82, 2.24) is 20.4 Å². The fourth-order valence-corrected chi connectivity index (χ4v) is 6.58. The zero-order chi connectivity index (χ0) is 30.7. The van der Waals surface area contributed by atoms with Crippen LogP contribution in [0.5, 0.6) is 0 Å². The minimum Gasteiger partial charge on any atom is -0.351 e. The van der Waals surface area contributed by atoms with Crippen molar-refractivity contribution in [3.05, 3.63) is 113 Å². The molecule has 0 aromatic heterocycles. The molecule has 2 unspecified atom stereocenters. The molecular weight excluding hydrogens is 544 g/mol. The van der Waals surface area contributed by atoms with Gasteiger partial charge in [0.05, 0.1) is 6.04 Å². The molecular formula is C38H48N4O2. The Morgan fingerprint density at radius 3 is 2.27 bits per heavy atom. The van der Waals surface area contributed by atoms with Gasteiger partial charge in [-0.3, -0.25) is 9.59 Å². The van der Waals surface area contributed by atoms with E-state index in [-0.39, 0.29) is 29.8 Å². The van der Waals surface area contributed by atoms with Crippen molar-refractivity contribution in [2.24, 2.45) is 0 Å². The van der Waals surface area contributed by atoms with Crippen molar-refractivity contribution in [2.45, 2.75) is 64.0 Å². The second kappa shape index (κ2) is 15.8. The average Bonchev–Trinajstić information content (AvgIpc) is 3.20. The quantitative estimate of drug-likeness (QED) is 0.281. The zero-order valence-corrected chi connectivity index (χ0v) is 26.4. The van der Waals surface area contributed by atoms with Crippen LogP contribution in [0.25, 0.3) is 6.08 Å². The number of hydrogen-bond donors (Lipinski definition) is 2. The summed E-state index contributed by atoms with van der Waals surface area (Å²) in [5.41, 5.74) is 5.84. The van der Waals surface area contributed by atoms with Crippen LogP contribution in [-0.4, -0.2) is 73.0 Å². The third kappa shape index (κ3) is 8.90. The van der Waals surface area contributed by atoms with Crippen LogP contribution in [0.4, 0.5) is 0 Å². The van der Waals surface area contributed by atoms with Gasteiger partial charge in [-0.2, -0.15) is 0 Å². The van der Waals surface area contributed by atoms with E-state index in [4.69, 9.17) is 0 Å². The summed E-state index contributed by atoms with van der Waals surface area (Å²) < 4.78 is 0. The molecule has 2 aliphatic heterocycles. The van der Waals surface area contributed by atoms with E-state index in [1.165, 1.54) is 36.0 Å². The van der Waals surface area contributed by atoms with Crippen LogP contribution >= 0.6 is 0 Å². The van der Waals surface area contributed by atoms with Gasteiger partial charge in [-0.1, -0.05) is 90.8 Å². The van der Waals surface area contributed by atoms with Crippen LogP contribution in [0.15, 0.2) is 84.9 Å². The predicted molar refractivity (Wildman–Crippen MR) is 180 cm³/mol. The highest BCUT2D eigenvalue weighted by atomic mass is 16.2. The van der Waals surface area contributed by atoms with Crippen LogP contribution in [0.2, 0.25) is 0 Å². The monoisotopic (exact) mass is 592 g/mol. The Morgan fingerprint density at radius 1 is 0.932 bits per heavy atom. The molecule has 0 aliphatic carbocycles. The third-order valence-corrected chi connectivity index (χ3v) is 9.15. The molecule has 232 valence electrons. The maximum atomic E-state index is 14.2. The summed E-state index contributed by atoms with van der Waals surface area (Å²) in [5, 5.41) is 6.78. The van der Waals surface area contributed by atoms with E-state index in [2.05, 4.69) is 94.9 Å². The summed E-state index contributed by atoms with van der Waals surface area (Å²) in [7, 11) is 0. The fraction of sp³-hybridized carbons (Fsp3) is 0.421. The van der Waals surface area contributed by atoms with Crippen LogP contribution < -0.4 is 10.6 Å². The molecule has 0 spiro atoms. The molecule has 2 saturated heterocycles. The standard InChI is InChI=1S/C38H48N4O2/c1-29-16-17-31(30(2)26-29)18-19-37(43)39-27-34-20-25-42(38(44)36(40-34)21-24-41-22-10-5-11-23-41)28-35(32-12-6-3-7-13-32)33-14-8-4-9-15-33/h3-4,6-9,12-19,26,34-36,40H,5,10-11,20-25,27-28H2,1-2H3,(H,39,43)/b19-18+. The van der Waals surface area contributed by atoms with E-state index in [9.17, 15) is 9.59 Å². The van der Waals surface area contributed by atoms with Crippen LogP contribution in [-0.2, 0) is 9.59 Å². The number of hydrogen-bond acceptors (Lipinski definition) is 4. The third-order valence-electron chi connectivity index (χ3n) is 9.15. The molecule has 6 nitrogen and oxygen atoms in total. The van der Waals surface area contributed by atoms with Gasteiger partial charge in [-0.25, -0.2) is 0 Å². The lowest BCUT2D eigenvalue weighted by molar-refractivity contribution is -0.133. The van der Waals surface area contributed by atoms with Crippen molar-refractivity contribution >= 4 is 17.9 Å². The highest BCUT2D eigenvalue weighted by Crippen LogP contribution is 2.27. The molecule has 3 aromatic carbocycles. The molecule has 44 heavy (non-hydrogen) atoms. The highest BCUT2D eigenvalue weighted by molar-refractivity contribution is 5.92. The number of amides is 2. The van der Waals surface area contributed by atoms with Gasteiger partial charge in [-0.15, -0.1) is 0 Å². The molecule has 2 amide bonds. The summed E-state index contributed by atoms with van der Waals surface area (Å²) >= 11 is 0. The first-order chi connectivity index (χ1) is 21.5. The fourth-order valence-electron chi connectivity index (χ4n) is 6.58. The maximum absolute atomic E-state index is 14.2.